The Morgan fingerprint density at radius 1 is 1.43 bits per heavy atom. The van der Waals surface area contributed by atoms with Gasteiger partial charge in [-0.25, -0.2) is 9.97 Å². The van der Waals surface area contributed by atoms with Crippen LogP contribution in [0.1, 0.15) is 48.2 Å². The summed E-state index contributed by atoms with van der Waals surface area (Å²) in [5.41, 5.74) is 0.651. The molecule has 0 aliphatic rings. The number of oxazole rings is 1. The summed E-state index contributed by atoms with van der Waals surface area (Å²) >= 11 is 0. The molecule has 0 aliphatic carbocycles. The fourth-order valence-electron chi connectivity index (χ4n) is 2.19. The molecular formula is C15H22N4O2. The summed E-state index contributed by atoms with van der Waals surface area (Å²) in [5.74, 6) is 1.67. The zero-order valence-corrected chi connectivity index (χ0v) is 13.1. The zero-order chi connectivity index (χ0) is 15.4. The molecule has 0 radical (unpaired) electrons. The molecule has 6 nitrogen and oxygen atoms in total. The quantitative estimate of drug-likeness (QED) is 0.819. The van der Waals surface area contributed by atoms with E-state index in [1.807, 2.05) is 31.7 Å². The first-order valence-corrected chi connectivity index (χ1v) is 7.28. The van der Waals surface area contributed by atoms with Crippen LogP contribution in [0.5, 0.6) is 0 Å². The number of rotatable bonds is 6. The molecule has 114 valence electrons. The van der Waals surface area contributed by atoms with Gasteiger partial charge in [-0.3, -0.25) is 4.79 Å². The minimum absolute atomic E-state index is 0.121. The van der Waals surface area contributed by atoms with E-state index < -0.39 is 0 Å². The zero-order valence-electron chi connectivity index (χ0n) is 13.1. The van der Waals surface area contributed by atoms with Gasteiger partial charge in [0.15, 0.2) is 5.89 Å². The predicted molar refractivity (Wildman–Crippen MR) is 78.9 cm³/mol. The lowest BCUT2D eigenvalue weighted by atomic mass is 10.3. The Hall–Kier alpha value is -2.11. The third-order valence-corrected chi connectivity index (χ3v) is 3.37. The van der Waals surface area contributed by atoms with Crippen LogP contribution in [0.2, 0.25) is 0 Å². The van der Waals surface area contributed by atoms with Crippen LogP contribution < -0.4 is 0 Å². The number of aromatic nitrogens is 3. The minimum atomic E-state index is -0.121. The summed E-state index contributed by atoms with van der Waals surface area (Å²) in [6.07, 6.45) is 5.17. The van der Waals surface area contributed by atoms with Gasteiger partial charge >= 0.3 is 0 Å². The van der Waals surface area contributed by atoms with E-state index in [0.29, 0.717) is 36.9 Å². The molecular weight excluding hydrogens is 268 g/mol. The highest BCUT2D eigenvalue weighted by Crippen LogP contribution is 2.15. The first-order valence-electron chi connectivity index (χ1n) is 7.28. The third kappa shape index (κ3) is 3.32. The van der Waals surface area contributed by atoms with Gasteiger partial charge in [0.1, 0.15) is 5.82 Å². The van der Waals surface area contributed by atoms with Crippen molar-refractivity contribution in [2.75, 3.05) is 6.54 Å². The van der Waals surface area contributed by atoms with Crippen molar-refractivity contribution in [3.8, 4) is 0 Å². The van der Waals surface area contributed by atoms with Crippen LogP contribution in [-0.2, 0) is 20.0 Å². The first kappa shape index (κ1) is 15.3. The molecule has 0 bridgehead atoms. The molecule has 2 heterocycles. The SMILES string of the molecule is CCCN(Cc1nccn1C)C(=O)c1oc(CC)nc1C. The standard InChI is InChI=1S/C15H22N4O2/c1-5-8-19(10-12-16-7-9-18(12)4)15(20)14-11(3)17-13(6-2)21-14/h7,9H,5-6,8,10H2,1-4H3. The van der Waals surface area contributed by atoms with E-state index in [1.54, 1.807) is 18.0 Å². The van der Waals surface area contributed by atoms with Crippen molar-refractivity contribution in [1.29, 1.82) is 0 Å². The van der Waals surface area contributed by atoms with Gasteiger partial charge in [0.05, 0.1) is 12.2 Å². The number of hydrogen-bond donors (Lipinski definition) is 0. The maximum atomic E-state index is 12.7. The summed E-state index contributed by atoms with van der Waals surface area (Å²) in [6.45, 7) is 6.94. The second-order valence-corrected chi connectivity index (χ2v) is 5.06. The molecule has 0 N–H and O–H groups in total. The van der Waals surface area contributed by atoms with E-state index >= 15 is 0 Å². The Morgan fingerprint density at radius 2 is 2.19 bits per heavy atom. The Bertz CT molecular complexity index is 615. The molecule has 0 spiro atoms. The van der Waals surface area contributed by atoms with Crippen LogP contribution in [0.25, 0.3) is 0 Å². The number of hydrogen-bond acceptors (Lipinski definition) is 4. The number of imidazole rings is 1. The van der Waals surface area contributed by atoms with Crippen molar-refractivity contribution < 1.29 is 9.21 Å². The van der Waals surface area contributed by atoms with Crippen LogP contribution in [0.15, 0.2) is 16.8 Å². The molecule has 0 unspecified atom stereocenters. The van der Waals surface area contributed by atoms with E-state index in [2.05, 4.69) is 9.97 Å². The smallest absolute Gasteiger partial charge is 0.291 e. The van der Waals surface area contributed by atoms with Gasteiger partial charge in [-0.05, 0) is 13.3 Å². The molecule has 0 saturated heterocycles. The van der Waals surface area contributed by atoms with Crippen molar-refractivity contribution in [3.63, 3.8) is 0 Å². The number of carbonyl (C=O) groups excluding carboxylic acids is 1. The average molecular weight is 290 g/mol. The summed E-state index contributed by atoms with van der Waals surface area (Å²) in [7, 11) is 1.92. The van der Waals surface area contributed by atoms with E-state index in [-0.39, 0.29) is 5.91 Å². The molecule has 0 aromatic carbocycles. The summed E-state index contributed by atoms with van der Waals surface area (Å²) < 4.78 is 7.49. The summed E-state index contributed by atoms with van der Waals surface area (Å²) in [4.78, 5) is 23.0. The highest BCUT2D eigenvalue weighted by molar-refractivity contribution is 5.92. The molecule has 0 aliphatic heterocycles. The fourth-order valence-corrected chi connectivity index (χ4v) is 2.19. The molecule has 1 amide bonds. The Labute approximate surface area is 124 Å². The lowest BCUT2D eigenvalue weighted by Crippen LogP contribution is -2.32. The van der Waals surface area contributed by atoms with Gasteiger partial charge in [-0.2, -0.15) is 0 Å². The van der Waals surface area contributed by atoms with E-state index in [0.717, 1.165) is 12.2 Å². The molecule has 0 atom stereocenters. The Kier molecular flexibility index (Phi) is 4.77. The summed E-state index contributed by atoms with van der Waals surface area (Å²) in [6, 6.07) is 0. The van der Waals surface area contributed by atoms with Gasteiger partial charge in [0.2, 0.25) is 5.76 Å². The van der Waals surface area contributed by atoms with E-state index in [9.17, 15) is 4.79 Å². The molecule has 6 heteroatoms. The molecule has 0 saturated carbocycles. The summed E-state index contributed by atoms with van der Waals surface area (Å²) in [5, 5.41) is 0. The highest BCUT2D eigenvalue weighted by atomic mass is 16.4. The number of carbonyl (C=O) groups is 1. The van der Waals surface area contributed by atoms with Gasteiger partial charge in [0, 0.05) is 32.4 Å². The average Bonchev–Trinajstić information content (AvgIpc) is 3.04. The van der Waals surface area contributed by atoms with Gasteiger partial charge < -0.3 is 13.9 Å². The first-order chi connectivity index (χ1) is 10.1. The van der Waals surface area contributed by atoms with Crippen molar-refractivity contribution >= 4 is 5.91 Å². The normalized spacial score (nSPS) is 10.9. The maximum Gasteiger partial charge on any atom is 0.291 e. The molecule has 2 aromatic heterocycles. The lowest BCUT2D eigenvalue weighted by molar-refractivity contribution is 0.0702. The molecule has 21 heavy (non-hydrogen) atoms. The van der Waals surface area contributed by atoms with Crippen LogP contribution in [0.4, 0.5) is 0 Å². The van der Waals surface area contributed by atoms with Crippen LogP contribution >= 0.6 is 0 Å². The van der Waals surface area contributed by atoms with Crippen molar-refractivity contribution in [1.82, 2.24) is 19.4 Å². The predicted octanol–water partition coefficient (Wildman–Crippen LogP) is 2.33. The van der Waals surface area contributed by atoms with Crippen LogP contribution in [0.3, 0.4) is 0 Å². The van der Waals surface area contributed by atoms with Crippen molar-refractivity contribution in [2.24, 2.45) is 7.05 Å². The molecule has 2 aromatic rings. The number of aryl methyl sites for hydroxylation is 3. The lowest BCUT2D eigenvalue weighted by Gasteiger charge is -2.20. The van der Waals surface area contributed by atoms with E-state index in [4.69, 9.17) is 4.42 Å². The number of amides is 1. The largest absolute Gasteiger partial charge is 0.435 e. The van der Waals surface area contributed by atoms with Gasteiger partial charge in [-0.1, -0.05) is 13.8 Å². The topological polar surface area (TPSA) is 64.2 Å². The van der Waals surface area contributed by atoms with E-state index in [1.165, 1.54) is 0 Å². The fraction of sp³-hybridized carbons (Fsp3) is 0.533. The van der Waals surface area contributed by atoms with Crippen LogP contribution in [-0.4, -0.2) is 31.9 Å². The van der Waals surface area contributed by atoms with Crippen molar-refractivity contribution in [3.05, 3.63) is 35.6 Å². The Morgan fingerprint density at radius 3 is 2.71 bits per heavy atom. The Balaban J connectivity index is 2.22. The minimum Gasteiger partial charge on any atom is -0.435 e. The van der Waals surface area contributed by atoms with Crippen LogP contribution in [0, 0.1) is 6.92 Å². The third-order valence-electron chi connectivity index (χ3n) is 3.37. The second kappa shape index (κ2) is 6.56. The van der Waals surface area contributed by atoms with Gasteiger partial charge in [-0.15, -0.1) is 0 Å². The monoisotopic (exact) mass is 290 g/mol. The number of nitrogens with zero attached hydrogens (tertiary/aromatic N) is 4. The van der Waals surface area contributed by atoms with Gasteiger partial charge in [0.25, 0.3) is 5.91 Å². The maximum absolute atomic E-state index is 12.7. The molecule has 2 rings (SSSR count). The molecule has 0 fully saturated rings. The second-order valence-electron chi connectivity index (χ2n) is 5.06. The van der Waals surface area contributed by atoms with Crippen molar-refractivity contribution in [2.45, 2.75) is 40.2 Å². The highest BCUT2D eigenvalue weighted by Gasteiger charge is 2.23.